The van der Waals surface area contributed by atoms with Gasteiger partial charge in [-0.25, -0.2) is 9.67 Å². The van der Waals surface area contributed by atoms with Crippen LogP contribution in [0, 0.1) is 0 Å². The molecule has 0 saturated heterocycles. The summed E-state index contributed by atoms with van der Waals surface area (Å²) < 4.78 is 2.24. The molecule has 1 unspecified atom stereocenters. The van der Waals surface area contributed by atoms with Crippen LogP contribution in [0.5, 0.6) is 0 Å². The summed E-state index contributed by atoms with van der Waals surface area (Å²) in [5, 5.41) is 9.76. The zero-order chi connectivity index (χ0) is 13.4. The zero-order valence-corrected chi connectivity index (χ0v) is 11.0. The second-order valence-corrected chi connectivity index (χ2v) is 5.19. The Morgan fingerprint density at radius 3 is 3.16 bits per heavy atom. The predicted molar refractivity (Wildman–Crippen MR) is 72.0 cm³/mol. The lowest BCUT2D eigenvalue weighted by molar-refractivity contribution is 0.625. The van der Waals surface area contributed by atoms with E-state index in [-0.39, 0.29) is 11.6 Å². The molecule has 0 amide bonds. The first-order chi connectivity index (χ1) is 9.13. The van der Waals surface area contributed by atoms with E-state index in [0.717, 1.165) is 0 Å². The number of nitrogens with one attached hydrogen (secondary N) is 1. The molecule has 0 aliphatic rings. The molecule has 3 rings (SSSR count). The molecule has 0 bridgehead atoms. The van der Waals surface area contributed by atoms with Gasteiger partial charge < -0.3 is 10.7 Å². The van der Waals surface area contributed by atoms with Gasteiger partial charge in [0.05, 0.1) is 17.4 Å². The lowest BCUT2D eigenvalue weighted by atomic mass is 10.3. The Balaban J connectivity index is 1.93. The summed E-state index contributed by atoms with van der Waals surface area (Å²) in [6, 6.07) is 1.66. The van der Waals surface area contributed by atoms with Crippen molar-refractivity contribution in [3.8, 4) is 0 Å². The molecule has 1 atom stereocenters. The van der Waals surface area contributed by atoms with Crippen LogP contribution in [-0.2, 0) is 6.54 Å². The highest BCUT2D eigenvalue weighted by atomic mass is 32.1. The van der Waals surface area contributed by atoms with Crippen molar-refractivity contribution >= 4 is 21.6 Å². The van der Waals surface area contributed by atoms with Crippen molar-refractivity contribution < 1.29 is 0 Å². The first kappa shape index (κ1) is 12.0. The van der Waals surface area contributed by atoms with E-state index in [1.165, 1.54) is 11.3 Å². The highest BCUT2D eigenvalue weighted by molar-refractivity contribution is 7.17. The predicted octanol–water partition coefficient (Wildman–Crippen LogP) is 0.644. The molecular weight excluding hydrogens is 264 g/mol. The van der Waals surface area contributed by atoms with Gasteiger partial charge in [-0.15, -0.1) is 16.4 Å². The zero-order valence-electron chi connectivity index (χ0n) is 10.2. The van der Waals surface area contributed by atoms with Crippen LogP contribution in [0.3, 0.4) is 0 Å². The number of H-pyrrole nitrogens is 1. The number of fused-ring (bicyclic) bond motifs is 1. The lowest BCUT2D eigenvalue weighted by Gasteiger charge is -2.00. The average molecular weight is 276 g/mol. The number of aromatic amines is 1. The first-order valence-corrected chi connectivity index (χ1v) is 6.63. The van der Waals surface area contributed by atoms with Crippen LogP contribution in [0.15, 0.2) is 22.4 Å². The van der Waals surface area contributed by atoms with Crippen LogP contribution in [0.25, 0.3) is 10.2 Å². The Kier molecular flexibility index (Phi) is 2.88. The minimum atomic E-state index is -0.167. The monoisotopic (exact) mass is 276 g/mol. The van der Waals surface area contributed by atoms with Gasteiger partial charge in [0.2, 0.25) is 0 Å². The number of aromatic nitrogens is 5. The van der Waals surface area contributed by atoms with Crippen molar-refractivity contribution in [3.05, 3.63) is 39.5 Å². The molecule has 3 aromatic rings. The second kappa shape index (κ2) is 4.56. The third kappa shape index (κ3) is 2.27. The molecule has 0 fully saturated rings. The Hall–Kier alpha value is -2.06. The van der Waals surface area contributed by atoms with Gasteiger partial charge in [0, 0.05) is 6.04 Å². The number of hydrogen-bond acceptors (Lipinski definition) is 6. The van der Waals surface area contributed by atoms with E-state index < -0.39 is 0 Å². The fourth-order valence-electron chi connectivity index (χ4n) is 1.75. The second-order valence-electron chi connectivity index (χ2n) is 4.28. The van der Waals surface area contributed by atoms with Crippen LogP contribution in [-0.4, -0.2) is 25.0 Å². The highest BCUT2D eigenvalue weighted by Gasteiger charge is 2.08. The smallest absolute Gasteiger partial charge is 0.268 e. The molecule has 8 heteroatoms. The Morgan fingerprint density at radius 2 is 2.42 bits per heavy atom. The van der Waals surface area contributed by atoms with Crippen LogP contribution in [0.1, 0.15) is 24.5 Å². The number of nitrogens with zero attached hydrogens (tertiary/aromatic N) is 4. The van der Waals surface area contributed by atoms with E-state index >= 15 is 0 Å². The Bertz CT molecular complexity index is 771. The van der Waals surface area contributed by atoms with Crippen LogP contribution in [0.4, 0.5) is 0 Å². The van der Waals surface area contributed by atoms with Crippen molar-refractivity contribution in [3.63, 3.8) is 0 Å². The van der Waals surface area contributed by atoms with Gasteiger partial charge in [-0.2, -0.15) is 0 Å². The molecule has 19 heavy (non-hydrogen) atoms. The summed E-state index contributed by atoms with van der Waals surface area (Å²) in [7, 11) is 0. The molecule has 98 valence electrons. The molecule has 0 aliphatic heterocycles. The molecule has 3 heterocycles. The summed E-state index contributed by atoms with van der Waals surface area (Å²) in [6.45, 7) is 2.20. The van der Waals surface area contributed by atoms with Gasteiger partial charge in [-0.1, -0.05) is 5.21 Å². The summed E-state index contributed by atoms with van der Waals surface area (Å²) in [4.78, 5) is 18.9. The van der Waals surface area contributed by atoms with Gasteiger partial charge in [0.25, 0.3) is 5.56 Å². The minimum Gasteiger partial charge on any atom is -0.323 e. The van der Waals surface area contributed by atoms with E-state index in [1.807, 2.05) is 18.4 Å². The maximum absolute atomic E-state index is 11.8. The molecule has 7 nitrogen and oxygen atoms in total. The van der Waals surface area contributed by atoms with E-state index in [2.05, 4.69) is 20.3 Å². The Labute approximate surface area is 112 Å². The Morgan fingerprint density at radius 1 is 1.58 bits per heavy atom. The number of rotatable bonds is 3. The van der Waals surface area contributed by atoms with Crippen LogP contribution < -0.4 is 11.3 Å². The number of thiophene rings is 1. The maximum atomic E-state index is 11.8. The molecule has 0 saturated carbocycles. The maximum Gasteiger partial charge on any atom is 0.268 e. The van der Waals surface area contributed by atoms with E-state index in [9.17, 15) is 4.79 Å². The highest BCUT2D eigenvalue weighted by Crippen LogP contribution is 2.14. The average Bonchev–Trinajstić information content (AvgIpc) is 2.97. The van der Waals surface area contributed by atoms with Crippen LogP contribution in [0.2, 0.25) is 0 Å². The summed E-state index contributed by atoms with van der Waals surface area (Å²) in [5.74, 6) is 0.553. The van der Waals surface area contributed by atoms with E-state index in [0.29, 0.717) is 28.3 Å². The van der Waals surface area contributed by atoms with Crippen molar-refractivity contribution in [1.29, 1.82) is 0 Å². The van der Waals surface area contributed by atoms with Gasteiger partial charge in [0.1, 0.15) is 17.1 Å². The molecule has 3 aromatic heterocycles. The van der Waals surface area contributed by atoms with E-state index in [4.69, 9.17) is 5.73 Å². The third-order valence-corrected chi connectivity index (χ3v) is 3.60. The van der Waals surface area contributed by atoms with E-state index in [1.54, 1.807) is 10.9 Å². The van der Waals surface area contributed by atoms with Crippen molar-refractivity contribution in [2.45, 2.75) is 19.5 Å². The summed E-state index contributed by atoms with van der Waals surface area (Å²) >= 11 is 1.38. The molecule has 0 aliphatic carbocycles. The number of hydrogen-bond donors (Lipinski definition) is 2. The first-order valence-electron chi connectivity index (χ1n) is 5.75. The summed E-state index contributed by atoms with van der Waals surface area (Å²) in [6.07, 6.45) is 1.75. The molecule has 0 spiro atoms. The molecular formula is C11H12N6OS. The molecule has 0 aromatic carbocycles. The van der Waals surface area contributed by atoms with Crippen molar-refractivity contribution in [1.82, 2.24) is 25.0 Å². The standard InChI is InChI=1S/C11H12N6OS/c1-6(12)8-4-17(16-15-8)5-9-13-7-2-3-19-10(7)11(18)14-9/h2-4,6H,5,12H2,1H3,(H,13,14,18). The normalized spacial score (nSPS) is 12.9. The fraction of sp³-hybridized carbons (Fsp3) is 0.273. The minimum absolute atomic E-state index is 0.123. The largest absolute Gasteiger partial charge is 0.323 e. The fourth-order valence-corrected chi connectivity index (χ4v) is 2.47. The lowest BCUT2D eigenvalue weighted by Crippen LogP contribution is -2.13. The van der Waals surface area contributed by atoms with Crippen LogP contribution >= 0.6 is 11.3 Å². The van der Waals surface area contributed by atoms with Gasteiger partial charge >= 0.3 is 0 Å². The van der Waals surface area contributed by atoms with Gasteiger partial charge in [0.15, 0.2) is 0 Å². The summed E-state index contributed by atoms with van der Waals surface area (Å²) in [5.41, 5.74) is 7.01. The quantitative estimate of drug-likeness (QED) is 0.731. The topological polar surface area (TPSA) is 102 Å². The van der Waals surface area contributed by atoms with Gasteiger partial charge in [-0.3, -0.25) is 4.79 Å². The van der Waals surface area contributed by atoms with Crippen molar-refractivity contribution in [2.75, 3.05) is 0 Å². The molecule has 0 radical (unpaired) electrons. The third-order valence-electron chi connectivity index (χ3n) is 2.70. The SMILES string of the molecule is CC(N)c1cn(Cc2nc3ccsc3c(=O)[nH]2)nn1. The molecule has 3 N–H and O–H groups in total. The number of nitrogens with two attached hydrogens (primary N) is 1. The van der Waals surface area contributed by atoms with Gasteiger partial charge in [-0.05, 0) is 18.4 Å². The van der Waals surface area contributed by atoms with Crippen molar-refractivity contribution in [2.24, 2.45) is 5.73 Å².